The number of rotatable bonds is 5. The molecule has 0 spiro atoms. The molecule has 0 radical (unpaired) electrons. The fourth-order valence-electron chi connectivity index (χ4n) is 2.36. The molecule has 3 rings (SSSR count). The topological polar surface area (TPSA) is 54.9 Å². The van der Waals surface area contributed by atoms with E-state index in [-0.39, 0.29) is 18.1 Å². The standard InChI is InChI=1S/C18H16FN3O/c19-15-4-2-1-3-14(15)6-8-18(23)22-12-13-5-7-16-17(11-13)21-10-9-20-16/h1-5,7,9-11H,6,8,12H2,(H,22,23). The van der Waals surface area contributed by atoms with Gasteiger partial charge in [-0.1, -0.05) is 24.3 Å². The van der Waals surface area contributed by atoms with Gasteiger partial charge >= 0.3 is 0 Å². The summed E-state index contributed by atoms with van der Waals surface area (Å²) in [7, 11) is 0. The minimum absolute atomic E-state index is 0.104. The average molecular weight is 309 g/mol. The summed E-state index contributed by atoms with van der Waals surface area (Å²) in [5, 5.41) is 2.84. The first-order valence-corrected chi connectivity index (χ1v) is 7.42. The van der Waals surface area contributed by atoms with Crippen LogP contribution in [0.2, 0.25) is 0 Å². The van der Waals surface area contributed by atoms with Gasteiger partial charge in [0.2, 0.25) is 5.91 Å². The lowest BCUT2D eigenvalue weighted by Gasteiger charge is -2.07. The molecule has 0 saturated carbocycles. The molecule has 5 heteroatoms. The summed E-state index contributed by atoms with van der Waals surface area (Å²) in [5.74, 6) is -0.374. The van der Waals surface area contributed by atoms with Crippen molar-refractivity contribution >= 4 is 16.9 Å². The van der Waals surface area contributed by atoms with Crippen LogP contribution >= 0.6 is 0 Å². The smallest absolute Gasteiger partial charge is 0.220 e. The molecular formula is C18H16FN3O. The van der Waals surface area contributed by atoms with Crippen molar-refractivity contribution in [3.8, 4) is 0 Å². The molecule has 1 aromatic heterocycles. The summed E-state index contributed by atoms with van der Waals surface area (Å²) in [4.78, 5) is 20.3. The molecule has 1 heterocycles. The highest BCUT2D eigenvalue weighted by atomic mass is 19.1. The van der Waals surface area contributed by atoms with Crippen molar-refractivity contribution in [3.05, 3.63) is 71.8 Å². The van der Waals surface area contributed by atoms with E-state index in [2.05, 4.69) is 15.3 Å². The first kappa shape index (κ1) is 15.1. The van der Waals surface area contributed by atoms with Gasteiger partial charge in [0.25, 0.3) is 0 Å². The molecule has 0 atom stereocenters. The Hall–Kier alpha value is -2.82. The van der Waals surface area contributed by atoms with Crippen LogP contribution in [0.15, 0.2) is 54.9 Å². The normalized spacial score (nSPS) is 10.7. The van der Waals surface area contributed by atoms with E-state index in [9.17, 15) is 9.18 Å². The average Bonchev–Trinajstić information content (AvgIpc) is 2.59. The minimum atomic E-state index is -0.270. The van der Waals surface area contributed by atoms with Crippen LogP contribution in [0.3, 0.4) is 0 Å². The molecule has 0 fully saturated rings. The van der Waals surface area contributed by atoms with Gasteiger partial charge in [0.1, 0.15) is 5.82 Å². The number of aromatic nitrogens is 2. The lowest BCUT2D eigenvalue weighted by molar-refractivity contribution is -0.121. The predicted molar refractivity (Wildman–Crippen MR) is 86.1 cm³/mol. The fraction of sp³-hybridized carbons (Fsp3) is 0.167. The van der Waals surface area contributed by atoms with Crippen molar-refractivity contribution < 1.29 is 9.18 Å². The number of fused-ring (bicyclic) bond motifs is 1. The van der Waals surface area contributed by atoms with Crippen LogP contribution in [0.1, 0.15) is 17.5 Å². The number of halogens is 1. The number of benzene rings is 2. The van der Waals surface area contributed by atoms with Gasteiger partial charge in [-0.3, -0.25) is 14.8 Å². The number of nitrogens with one attached hydrogen (secondary N) is 1. The summed E-state index contributed by atoms with van der Waals surface area (Å²) < 4.78 is 13.5. The van der Waals surface area contributed by atoms with Gasteiger partial charge in [-0.2, -0.15) is 0 Å². The molecule has 0 saturated heterocycles. The molecule has 1 amide bonds. The van der Waals surface area contributed by atoms with Crippen LogP contribution in [-0.4, -0.2) is 15.9 Å². The van der Waals surface area contributed by atoms with E-state index in [0.717, 1.165) is 16.6 Å². The molecule has 3 aromatic rings. The van der Waals surface area contributed by atoms with Crippen molar-refractivity contribution in [1.82, 2.24) is 15.3 Å². The quantitative estimate of drug-likeness (QED) is 0.788. The van der Waals surface area contributed by atoms with E-state index in [1.807, 2.05) is 18.2 Å². The van der Waals surface area contributed by atoms with Gasteiger partial charge in [-0.25, -0.2) is 4.39 Å². The minimum Gasteiger partial charge on any atom is -0.352 e. The third-order valence-corrected chi connectivity index (χ3v) is 3.60. The van der Waals surface area contributed by atoms with Crippen molar-refractivity contribution in [2.45, 2.75) is 19.4 Å². The van der Waals surface area contributed by atoms with Gasteiger partial charge in [-0.05, 0) is 35.7 Å². The van der Waals surface area contributed by atoms with Crippen LogP contribution in [0.25, 0.3) is 11.0 Å². The lowest BCUT2D eigenvalue weighted by atomic mass is 10.1. The Morgan fingerprint density at radius 3 is 2.65 bits per heavy atom. The van der Waals surface area contributed by atoms with Crippen LogP contribution in [0.5, 0.6) is 0 Å². The van der Waals surface area contributed by atoms with E-state index >= 15 is 0 Å². The second kappa shape index (κ2) is 6.96. The molecule has 0 aliphatic rings. The van der Waals surface area contributed by atoms with Gasteiger partial charge in [0.05, 0.1) is 11.0 Å². The molecule has 0 aliphatic carbocycles. The Bertz CT molecular complexity index is 835. The highest BCUT2D eigenvalue weighted by Crippen LogP contribution is 2.11. The fourth-order valence-corrected chi connectivity index (χ4v) is 2.36. The zero-order valence-electron chi connectivity index (χ0n) is 12.5. The third-order valence-electron chi connectivity index (χ3n) is 3.60. The van der Waals surface area contributed by atoms with Gasteiger partial charge < -0.3 is 5.32 Å². The van der Waals surface area contributed by atoms with Crippen molar-refractivity contribution in [2.75, 3.05) is 0 Å². The Labute approximate surface area is 133 Å². The number of carbonyl (C=O) groups is 1. The Morgan fingerprint density at radius 1 is 1.04 bits per heavy atom. The van der Waals surface area contributed by atoms with E-state index in [1.165, 1.54) is 6.07 Å². The molecular weight excluding hydrogens is 293 g/mol. The maximum Gasteiger partial charge on any atom is 0.220 e. The molecule has 0 bridgehead atoms. The van der Waals surface area contributed by atoms with Crippen LogP contribution in [-0.2, 0) is 17.8 Å². The SMILES string of the molecule is O=C(CCc1ccccc1F)NCc1ccc2nccnc2c1. The third kappa shape index (κ3) is 3.88. The number of hydrogen-bond donors (Lipinski definition) is 1. The van der Waals surface area contributed by atoms with E-state index < -0.39 is 0 Å². The molecule has 1 N–H and O–H groups in total. The van der Waals surface area contributed by atoms with E-state index in [0.29, 0.717) is 18.5 Å². The second-order valence-corrected chi connectivity index (χ2v) is 5.25. The van der Waals surface area contributed by atoms with Crippen molar-refractivity contribution in [3.63, 3.8) is 0 Å². The number of aryl methyl sites for hydroxylation is 1. The number of carbonyl (C=O) groups excluding carboxylic acids is 1. The largest absolute Gasteiger partial charge is 0.352 e. The Morgan fingerprint density at radius 2 is 1.83 bits per heavy atom. The maximum atomic E-state index is 13.5. The highest BCUT2D eigenvalue weighted by molar-refractivity contribution is 5.77. The number of amides is 1. The van der Waals surface area contributed by atoms with Crippen LogP contribution in [0, 0.1) is 5.82 Å². The zero-order valence-corrected chi connectivity index (χ0v) is 12.5. The Kier molecular flexibility index (Phi) is 4.57. The van der Waals surface area contributed by atoms with Crippen LogP contribution < -0.4 is 5.32 Å². The van der Waals surface area contributed by atoms with Crippen LogP contribution in [0.4, 0.5) is 4.39 Å². The maximum absolute atomic E-state index is 13.5. The van der Waals surface area contributed by atoms with E-state index in [4.69, 9.17) is 0 Å². The summed E-state index contributed by atoms with van der Waals surface area (Å²) in [5.41, 5.74) is 3.13. The molecule has 0 aliphatic heterocycles. The second-order valence-electron chi connectivity index (χ2n) is 5.25. The van der Waals surface area contributed by atoms with Gasteiger partial charge in [-0.15, -0.1) is 0 Å². The summed E-state index contributed by atoms with van der Waals surface area (Å²) in [6.45, 7) is 0.419. The van der Waals surface area contributed by atoms with Crippen molar-refractivity contribution in [1.29, 1.82) is 0 Å². The first-order valence-electron chi connectivity index (χ1n) is 7.42. The highest BCUT2D eigenvalue weighted by Gasteiger charge is 2.06. The number of hydrogen-bond acceptors (Lipinski definition) is 3. The summed E-state index contributed by atoms with van der Waals surface area (Å²) in [6.07, 6.45) is 3.93. The number of nitrogens with zero attached hydrogens (tertiary/aromatic N) is 2. The molecule has 2 aromatic carbocycles. The lowest BCUT2D eigenvalue weighted by Crippen LogP contribution is -2.23. The predicted octanol–water partition coefficient (Wildman–Crippen LogP) is 3.02. The zero-order chi connectivity index (χ0) is 16.1. The van der Waals surface area contributed by atoms with Gasteiger partial charge in [0, 0.05) is 25.4 Å². The van der Waals surface area contributed by atoms with Crippen molar-refractivity contribution in [2.24, 2.45) is 0 Å². The molecule has 116 valence electrons. The monoisotopic (exact) mass is 309 g/mol. The van der Waals surface area contributed by atoms with Gasteiger partial charge in [0.15, 0.2) is 0 Å². The molecule has 0 unspecified atom stereocenters. The Balaban J connectivity index is 1.54. The summed E-state index contributed by atoms with van der Waals surface area (Å²) >= 11 is 0. The first-order chi connectivity index (χ1) is 11.2. The summed E-state index contributed by atoms with van der Waals surface area (Å²) in [6, 6.07) is 12.2. The molecule has 4 nitrogen and oxygen atoms in total. The molecule has 23 heavy (non-hydrogen) atoms. The van der Waals surface area contributed by atoms with E-state index in [1.54, 1.807) is 30.6 Å².